The van der Waals surface area contributed by atoms with E-state index in [-0.39, 0.29) is 5.41 Å². The van der Waals surface area contributed by atoms with Gasteiger partial charge in [0.25, 0.3) is 0 Å². The fourth-order valence-corrected chi connectivity index (χ4v) is 2.45. The Kier molecular flexibility index (Phi) is 2.25. The van der Waals surface area contributed by atoms with Crippen LogP contribution in [0.3, 0.4) is 0 Å². The Balaban J connectivity index is 2.49. The monoisotopic (exact) mass is 205 g/mol. The Morgan fingerprint density at radius 1 is 1.33 bits per heavy atom. The molecule has 0 saturated heterocycles. The molecule has 0 spiro atoms. The molecule has 0 amide bonds. The molecule has 0 saturated carbocycles. The van der Waals surface area contributed by atoms with Crippen molar-refractivity contribution in [3.8, 4) is 0 Å². The van der Waals surface area contributed by atoms with Gasteiger partial charge in [0.2, 0.25) is 0 Å². The van der Waals surface area contributed by atoms with E-state index >= 15 is 0 Å². The average molecular weight is 205 g/mol. The van der Waals surface area contributed by atoms with Gasteiger partial charge in [-0.2, -0.15) is 0 Å². The standard InChI is InChI=1S/C13H19NO/c1-9(2)14-6-5-10-11(14)7-13(3,4)8-12(10)15/h5-6,9H,7-8H2,1-4H3. The Hall–Kier alpha value is -1.05. The fourth-order valence-electron chi connectivity index (χ4n) is 2.45. The topological polar surface area (TPSA) is 22.0 Å². The summed E-state index contributed by atoms with van der Waals surface area (Å²) in [6.07, 6.45) is 3.75. The Labute approximate surface area is 91.3 Å². The molecule has 0 N–H and O–H groups in total. The zero-order valence-corrected chi connectivity index (χ0v) is 10.0. The minimum atomic E-state index is 0.120. The molecule has 1 heterocycles. The summed E-state index contributed by atoms with van der Waals surface area (Å²) in [5.74, 6) is 0.306. The molecule has 0 bridgehead atoms. The molecule has 0 aliphatic heterocycles. The lowest BCUT2D eigenvalue weighted by molar-refractivity contribution is 0.0909. The quantitative estimate of drug-likeness (QED) is 0.690. The summed E-state index contributed by atoms with van der Waals surface area (Å²) in [4.78, 5) is 11.9. The summed E-state index contributed by atoms with van der Waals surface area (Å²) in [5, 5.41) is 0. The van der Waals surface area contributed by atoms with E-state index in [9.17, 15) is 4.79 Å². The number of hydrogen-bond acceptors (Lipinski definition) is 1. The third kappa shape index (κ3) is 1.73. The number of carbonyl (C=O) groups is 1. The van der Waals surface area contributed by atoms with E-state index in [0.717, 1.165) is 12.0 Å². The van der Waals surface area contributed by atoms with Gasteiger partial charge in [0, 0.05) is 29.9 Å². The number of ketones is 1. The SMILES string of the molecule is CC(C)n1ccc2c1CC(C)(C)CC2=O. The first-order chi connectivity index (χ1) is 6.91. The minimum absolute atomic E-state index is 0.120. The molecule has 1 aromatic heterocycles. The second-order valence-corrected chi connectivity index (χ2v) is 5.62. The Morgan fingerprint density at radius 2 is 2.00 bits per heavy atom. The summed E-state index contributed by atoms with van der Waals surface area (Å²) >= 11 is 0. The van der Waals surface area contributed by atoms with E-state index in [1.807, 2.05) is 6.07 Å². The molecule has 2 heteroatoms. The van der Waals surface area contributed by atoms with E-state index < -0.39 is 0 Å². The van der Waals surface area contributed by atoms with Gasteiger partial charge in [0.15, 0.2) is 5.78 Å². The molecule has 0 unspecified atom stereocenters. The van der Waals surface area contributed by atoms with Crippen LogP contribution in [0.1, 0.15) is 56.2 Å². The van der Waals surface area contributed by atoms with Gasteiger partial charge >= 0.3 is 0 Å². The van der Waals surface area contributed by atoms with Crippen LogP contribution in [0.25, 0.3) is 0 Å². The van der Waals surface area contributed by atoms with Gasteiger partial charge in [-0.15, -0.1) is 0 Å². The third-order valence-corrected chi connectivity index (χ3v) is 3.17. The molecule has 0 fully saturated rings. The first kappa shape index (κ1) is 10.5. The maximum Gasteiger partial charge on any atom is 0.165 e. The van der Waals surface area contributed by atoms with Crippen LogP contribution >= 0.6 is 0 Å². The molecule has 0 aromatic carbocycles. The summed E-state index contributed by atoms with van der Waals surface area (Å²) < 4.78 is 2.23. The highest BCUT2D eigenvalue weighted by atomic mass is 16.1. The van der Waals surface area contributed by atoms with Crippen LogP contribution < -0.4 is 0 Å². The van der Waals surface area contributed by atoms with Crippen LogP contribution in [-0.4, -0.2) is 10.4 Å². The van der Waals surface area contributed by atoms with Crippen LogP contribution in [0.5, 0.6) is 0 Å². The summed E-state index contributed by atoms with van der Waals surface area (Å²) in [6.45, 7) is 8.66. The molecular weight excluding hydrogens is 186 g/mol. The van der Waals surface area contributed by atoms with Crippen molar-refractivity contribution >= 4 is 5.78 Å². The molecule has 2 nitrogen and oxygen atoms in total. The predicted molar refractivity (Wildman–Crippen MR) is 61.2 cm³/mol. The van der Waals surface area contributed by atoms with Crippen molar-refractivity contribution in [1.82, 2.24) is 4.57 Å². The third-order valence-electron chi connectivity index (χ3n) is 3.17. The van der Waals surface area contributed by atoms with E-state index in [1.54, 1.807) is 0 Å². The molecular formula is C13H19NO. The maximum atomic E-state index is 11.9. The van der Waals surface area contributed by atoms with Crippen LogP contribution in [0, 0.1) is 5.41 Å². The first-order valence-electron chi connectivity index (χ1n) is 5.64. The number of carbonyl (C=O) groups excluding carboxylic acids is 1. The predicted octanol–water partition coefficient (Wildman–Crippen LogP) is 3.22. The van der Waals surface area contributed by atoms with E-state index in [2.05, 4.69) is 38.5 Å². The van der Waals surface area contributed by atoms with Crippen LogP contribution in [-0.2, 0) is 6.42 Å². The molecule has 0 radical (unpaired) electrons. The van der Waals surface area contributed by atoms with Gasteiger partial charge in [0.1, 0.15) is 0 Å². The largest absolute Gasteiger partial charge is 0.348 e. The fraction of sp³-hybridized carbons (Fsp3) is 0.615. The van der Waals surface area contributed by atoms with Crippen molar-refractivity contribution in [2.45, 2.75) is 46.6 Å². The Bertz CT molecular complexity index is 399. The minimum Gasteiger partial charge on any atom is -0.348 e. The van der Waals surface area contributed by atoms with Crippen molar-refractivity contribution in [1.29, 1.82) is 0 Å². The lowest BCUT2D eigenvalue weighted by Crippen LogP contribution is -2.28. The van der Waals surface area contributed by atoms with E-state index in [1.165, 1.54) is 5.69 Å². The lowest BCUT2D eigenvalue weighted by Gasteiger charge is -2.30. The zero-order valence-electron chi connectivity index (χ0n) is 10.0. The average Bonchev–Trinajstić information content (AvgIpc) is 2.45. The van der Waals surface area contributed by atoms with Crippen LogP contribution in [0.4, 0.5) is 0 Å². The highest BCUT2D eigenvalue weighted by Gasteiger charge is 2.33. The summed E-state index contributed by atoms with van der Waals surface area (Å²) in [7, 11) is 0. The molecule has 15 heavy (non-hydrogen) atoms. The number of aromatic nitrogens is 1. The van der Waals surface area contributed by atoms with Crippen molar-refractivity contribution < 1.29 is 4.79 Å². The Morgan fingerprint density at radius 3 is 2.60 bits per heavy atom. The molecule has 0 atom stereocenters. The second kappa shape index (κ2) is 3.22. The van der Waals surface area contributed by atoms with Gasteiger partial charge in [-0.05, 0) is 31.7 Å². The van der Waals surface area contributed by atoms with Crippen molar-refractivity contribution in [3.05, 3.63) is 23.5 Å². The zero-order chi connectivity index (χ0) is 11.2. The molecule has 82 valence electrons. The number of Topliss-reactive ketones (excluding diaryl/α,β-unsaturated/α-hetero) is 1. The van der Waals surface area contributed by atoms with Gasteiger partial charge in [-0.25, -0.2) is 0 Å². The van der Waals surface area contributed by atoms with Crippen molar-refractivity contribution in [2.24, 2.45) is 5.41 Å². The summed E-state index contributed by atoms with van der Waals surface area (Å²) in [6, 6.07) is 2.42. The summed E-state index contributed by atoms with van der Waals surface area (Å²) in [5.41, 5.74) is 2.30. The smallest absolute Gasteiger partial charge is 0.165 e. The number of hydrogen-bond donors (Lipinski definition) is 0. The van der Waals surface area contributed by atoms with Crippen molar-refractivity contribution in [2.75, 3.05) is 0 Å². The van der Waals surface area contributed by atoms with Gasteiger partial charge < -0.3 is 4.57 Å². The molecule has 2 rings (SSSR count). The normalized spacial score (nSPS) is 19.4. The number of nitrogens with zero attached hydrogens (tertiary/aromatic N) is 1. The maximum absolute atomic E-state index is 11.9. The second-order valence-electron chi connectivity index (χ2n) is 5.62. The van der Waals surface area contributed by atoms with E-state index in [0.29, 0.717) is 18.2 Å². The molecule has 1 aromatic rings. The highest BCUT2D eigenvalue weighted by Crippen LogP contribution is 2.36. The van der Waals surface area contributed by atoms with Crippen LogP contribution in [0.2, 0.25) is 0 Å². The first-order valence-corrected chi connectivity index (χ1v) is 5.64. The highest BCUT2D eigenvalue weighted by molar-refractivity contribution is 5.98. The van der Waals surface area contributed by atoms with Crippen LogP contribution in [0.15, 0.2) is 12.3 Å². The van der Waals surface area contributed by atoms with Crippen molar-refractivity contribution in [3.63, 3.8) is 0 Å². The lowest BCUT2D eigenvalue weighted by atomic mass is 9.76. The van der Waals surface area contributed by atoms with E-state index in [4.69, 9.17) is 0 Å². The molecule has 1 aliphatic rings. The number of rotatable bonds is 1. The van der Waals surface area contributed by atoms with Gasteiger partial charge in [0.05, 0.1) is 0 Å². The number of fused-ring (bicyclic) bond motifs is 1. The van der Waals surface area contributed by atoms with Gasteiger partial charge in [-0.3, -0.25) is 4.79 Å². The molecule has 1 aliphatic carbocycles. The van der Waals surface area contributed by atoms with Gasteiger partial charge in [-0.1, -0.05) is 13.8 Å².